The van der Waals surface area contributed by atoms with E-state index >= 15 is 0 Å². The molecule has 0 amide bonds. The summed E-state index contributed by atoms with van der Waals surface area (Å²) in [6, 6.07) is 0. The Hall–Kier alpha value is -5.05. The lowest BCUT2D eigenvalue weighted by atomic mass is 9.84. The molecule has 2 unspecified atom stereocenters. The maximum atomic E-state index is 13.6. The van der Waals surface area contributed by atoms with Crippen LogP contribution in [0.25, 0.3) is 0 Å². The number of ether oxygens (including phenoxy) is 2. The highest BCUT2D eigenvalue weighted by atomic mass is 16.5. The van der Waals surface area contributed by atoms with Crippen molar-refractivity contribution in [2.45, 2.75) is 146 Å². The van der Waals surface area contributed by atoms with Crippen molar-refractivity contribution >= 4 is 29.1 Å². The summed E-state index contributed by atoms with van der Waals surface area (Å²) in [5.74, 6) is -0.0182. The molecule has 0 saturated carbocycles. The first kappa shape index (κ1) is 48.4. The predicted molar refractivity (Wildman–Crippen MR) is 262 cm³/mol. The zero-order chi connectivity index (χ0) is 46.4. The van der Waals surface area contributed by atoms with Crippen molar-refractivity contribution in [3.05, 3.63) is 116 Å². The number of aliphatic imine (C=N–C) groups is 3. The van der Waals surface area contributed by atoms with Crippen LogP contribution in [0.15, 0.2) is 131 Å². The molecule has 5 heterocycles. The van der Waals surface area contributed by atoms with Crippen LogP contribution >= 0.6 is 0 Å². The molecule has 6 aliphatic rings. The molecule has 5 atom stereocenters. The van der Waals surface area contributed by atoms with Gasteiger partial charge in [-0.2, -0.15) is 0 Å². The highest BCUT2D eigenvalue weighted by Gasteiger charge is 2.49. The largest absolute Gasteiger partial charge is 0.510 e. The Bertz CT molecular complexity index is 2300. The van der Waals surface area contributed by atoms with Crippen LogP contribution in [0.1, 0.15) is 146 Å². The number of esters is 2. The molecule has 344 valence electrons. The first-order valence-corrected chi connectivity index (χ1v) is 24.1. The lowest BCUT2D eigenvalue weighted by Gasteiger charge is -2.20. The Labute approximate surface area is 383 Å². The van der Waals surface area contributed by atoms with E-state index < -0.39 is 11.9 Å². The molecule has 0 aromatic carbocycles. The van der Waals surface area contributed by atoms with Crippen LogP contribution in [0.2, 0.25) is 0 Å². The van der Waals surface area contributed by atoms with E-state index in [1.54, 1.807) is 0 Å². The number of methoxy groups -OCH3 is 1. The van der Waals surface area contributed by atoms with Crippen molar-refractivity contribution in [3.63, 3.8) is 0 Å². The number of carbonyl (C=O) groups is 2. The molecule has 8 bridgehead atoms. The summed E-state index contributed by atoms with van der Waals surface area (Å²) in [7, 11) is 1.33. The molecule has 9 heteroatoms. The van der Waals surface area contributed by atoms with Gasteiger partial charge in [0.2, 0.25) is 0 Å². The summed E-state index contributed by atoms with van der Waals surface area (Å²) >= 11 is 0. The number of fused-ring (bicyclic) bond motifs is 5. The highest BCUT2D eigenvalue weighted by Crippen LogP contribution is 2.49. The number of aliphatic hydroxyl groups is 1. The van der Waals surface area contributed by atoms with E-state index in [1.165, 1.54) is 57.6 Å². The second-order valence-electron chi connectivity index (χ2n) is 19.5. The number of allylic oxidation sites excluding steroid dienone is 12. The predicted octanol–water partition coefficient (Wildman–Crippen LogP) is 13.0. The van der Waals surface area contributed by atoms with Crippen LogP contribution in [0.3, 0.4) is 0 Å². The van der Waals surface area contributed by atoms with Gasteiger partial charge in [-0.25, -0.2) is 15.0 Å². The van der Waals surface area contributed by atoms with E-state index in [0.29, 0.717) is 29.0 Å². The second-order valence-corrected chi connectivity index (χ2v) is 19.5. The number of rotatable bonds is 20. The molecule has 1 saturated heterocycles. The Kier molecular flexibility index (Phi) is 16.1. The first-order chi connectivity index (χ1) is 30.6. The number of hydrogen-bond donors (Lipinski definition) is 2. The van der Waals surface area contributed by atoms with Gasteiger partial charge in [-0.1, -0.05) is 105 Å². The summed E-state index contributed by atoms with van der Waals surface area (Å²) in [4.78, 5) is 42.4. The minimum Gasteiger partial charge on any atom is -0.510 e. The van der Waals surface area contributed by atoms with Crippen LogP contribution in [-0.2, 0) is 19.1 Å². The van der Waals surface area contributed by atoms with Gasteiger partial charge in [0, 0.05) is 46.4 Å². The minimum atomic E-state index is -1.08. The second kappa shape index (κ2) is 21.3. The lowest BCUT2D eigenvalue weighted by molar-refractivity contribution is -0.144. The number of nitrogens with zero attached hydrogens (tertiary/aromatic N) is 3. The normalized spacial score (nSPS) is 22.8. The Morgan fingerprint density at radius 2 is 1.53 bits per heavy atom. The van der Waals surface area contributed by atoms with Gasteiger partial charge in [0.15, 0.2) is 0 Å². The standard InChI is InChI=1S/C55H74N4O5/c1-13-39-35(8)42-28-44-37(10)41(24-25-48(60)64-27-26-34(7)23-17-22-33(6)21-16-20-32(5)19-15-18-31(3)4)52(58-44)50-51(55(62)63-12)54(61)49-38(11)45(59-53(49)50)30-47-40(14-2)36(9)43(57-47)29-46(39)56-42/h13,26,28-33,37,41,51,58,61H,1,14-25,27H2,2-12H3/b34-26+,44-28?,46-29?,47-30?,52-50?/t32?,33?,37-,41-,51+/m0/s1. The minimum absolute atomic E-state index is 0.0838. The van der Waals surface area contributed by atoms with Gasteiger partial charge in [-0.05, 0) is 118 Å². The van der Waals surface area contributed by atoms with E-state index in [0.717, 1.165) is 99.1 Å². The Balaban J connectivity index is 1.20. The molecule has 1 fully saturated rings. The van der Waals surface area contributed by atoms with E-state index in [4.69, 9.17) is 24.5 Å². The Morgan fingerprint density at radius 1 is 0.875 bits per heavy atom. The molecule has 1 aliphatic carbocycles. The third-order valence-corrected chi connectivity index (χ3v) is 14.3. The van der Waals surface area contributed by atoms with Gasteiger partial charge < -0.3 is 19.9 Å². The van der Waals surface area contributed by atoms with Crippen molar-refractivity contribution in [3.8, 4) is 0 Å². The fourth-order valence-corrected chi connectivity index (χ4v) is 10.2. The monoisotopic (exact) mass is 871 g/mol. The van der Waals surface area contributed by atoms with E-state index in [2.05, 4.69) is 73.4 Å². The average molecular weight is 871 g/mol. The SMILES string of the molecule is C=CC1=C(C)C2=NC1=CC1=NC(=CC3=C(C)C4=C(O)[C@H](C(=O)OC)C(=C5NC(=C2)[C@@H](C)[C@@H]5CCC(=O)OC/C=C(\C)CCCC(C)CCCC(C)CCCC(C)C)C4=N3)C(CC)=C1C. The van der Waals surface area contributed by atoms with Crippen molar-refractivity contribution in [2.75, 3.05) is 13.7 Å². The van der Waals surface area contributed by atoms with Crippen molar-refractivity contribution in [1.29, 1.82) is 0 Å². The molecule has 0 spiro atoms. The smallest absolute Gasteiger partial charge is 0.321 e. The van der Waals surface area contributed by atoms with Crippen LogP contribution in [-0.4, -0.2) is 47.9 Å². The highest BCUT2D eigenvalue weighted by molar-refractivity contribution is 6.24. The van der Waals surface area contributed by atoms with Crippen molar-refractivity contribution in [2.24, 2.45) is 50.5 Å². The summed E-state index contributed by atoms with van der Waals surface area (Å²) < 4.78 is 11.1. The van der Waals surface area contributed by atoms with E-state index in [-0.39, 0.29) is 36.6 Å². The fourth-order valence-electron chi connectivity index (χ4n) is 10.2. The third-order valence-electron chi connectivity index (χ3n) is 14.3. The van der Waals surface area contributed by atoms with Gasteiger partial charge in [-0.3, -0.25) is 9.59 Å². The summed E-state index contributed by atoms with van der Waals surface area (Å²) in [5.41, 5.74) is 13.3. The molecule has 6 rings (SSSR count). The average Bonchev–Trinajstić information content (AvgIpc) is 3.99. The maximum absolute atomic E-state index is 13.6. The van der Waals surface area contributed by atoms with E-state index in [1.807, 2.05) is 38.2 Å². The molecule has 0 radical (unpaired) electrons. The molecule has 2 N–H and O–H groups in total. The van der Waals surface area contributed by atoms with Crippen LogP contribution in [0.4, 0.5) is 0 Å². The topological polar surface area (TPSA) is 122 Å². The molecule has 64 heavy (non-hydrogen) atoms. The molecular formula is C55H74N4O5. The molecule has 0 aromatic heterocycles. The van der Waals surface area contributed by atoms with Crippen molar-refractivity contribution < 1.29 is 24.2 Å². The van der Waals surface area contributed by atoms with Gasteiger partial charge in [0.1, 0.15) is 18.3 Å². The van der Waals surface area contributed by atoms with Crippen LogP contribution < -0.4 is 5.32 Å². The Morgan fingerprint density at radius 3 is 2.19 bits per heavy atom. The number of nitrogens with one attached hydrogen (secondary N) is 1. The third kappa shape index (κ3) is 10.6. The number of carbonyl (C=O) groups excluding carboxylic acids is 2. The van der Waals surface area contributed by atoms with Gasteiger partial charge in [-0.15, -0.1) is 0 Å². The molecule has 9 nitrogen and oxygen atoms in total. The molecule has 0 aromatic rings. The zero-order valence-corrected chi connectivity index (χ0v) is 40.7. The quantitative estimate of drug-likeness (QED) is 0.0928. The van der Waals surface area contributed by atoms with E-state index in [9.17, 15) is 14.7 Å². The molecule has 5 aliphatic heterocycles. The summed E-state index contributed by atoms with van der Waals surface area (Å²) in [5, 5.41) is 15.6. The number of aliphatic hydroxyl groups excluding tert-OH is 1. The summed E-state index contributed by atoms with van der Waals surface area (Å²) in [6.45, 7) is 26.2. The van der Waals surface area contributed by atoms with Crippen LogP contribution in [0, 0.1) is 35.5 Å². The summed E-state index contributed by atoms with van der Waals surface area (Å²) in [6.07, 6.45) is 22.7. The lowest BCUT2D eigenvalue weighted by Crippen LogP contribution is -2.25. The zero-order valence-electron chi connectivity index (χ0n) is 40.7. The fraction of sp³-hybridized carbons (Fsp3) is 0.545. The van der Waals surface area contributed by atoms with Gasteiger partial charge in [0.05, 0.1) is 41.3 Å². The number of hydrogen-bond acceptors (Lipinski definition) is 9. The van der Waals surface area contributed by atoms with Crippen LogP contribution in [0.5, 0.6) is 0 Å². The maximum Gasteiger partial charge on any atom is 0.321 e. The van der Waals surface area contributed by atoms with Gasteiger partial charge >= 0.3 is 11.9 Å². The van der Waals surface area contributed by atoms with Crippen molar-refractivity contribution in [1.82, 2.24) is 5.32 Å². The first-order valence-electron chi connectivity index (χ1n) is 24.1. The molecular weight excluding hydrogens is 797 g/mol. The van der Waals surface area contributed by atoms with Gasteiger partial charge in [0.25, 0.3) is 0 Å².